The number of rotatable bonds is 5. The Morgan fingerprint density at radius 1 is 1.58 bits per heavy atom. The summed E-state index contributed by atoms with van der Waals surface area (Å²) in [6.07, 6.45) is 2.28. The van der Waals surface area contributed by atoms with Crippen molar-refractivity contribution in [2.75, 3.05) is 32.1 Å². The van der Waals surface area contributed by atoms with Crippen LogP contribution in [0.3, 0.4) is 0 Å². The predicted molar refractivity (Wildman–Crippen MR) is 73.9 cm³/mol. The molecule has 0 aromatic heterocycles. The first kappa shape index (κ1) is 13.6. The second-order valence-electron chi connectivity index (χ2n) is 4.66. The summed E-state index contributed by atoms with van der Waals surface area (Å²) in [5.74, 6) is 0.317. The van der Waals surface area contributed by atoms with Gasteiger partial charge in [0.2, 0.25) is 0 Å². The summed E-state index contributed by atoms with van der Waals surface area (Å²) in [4.78, 5) is 12.7. The molecule has 0 radical (unpaired) electrons. The van der Waals surface area contributed by atoms with Gasteiger partial charge < -0.3 is 15.0 Å². The van der Waals surface area contributed by atoms with E-state index in [2.05, 4.69) is 10.2 Å². The summed E-state index contributed by atoms with van der Waals surface area (Å²) in [6, 6.07) is 5.51. The first-order valence-corrected chi connectivity index (χ1v) is 6.41. The van der Waals surface area contributed by atoms with E-state index >= 15 is 0 Å². The average Bonchev–Trinajstić information content (AvgIpc) is 2.86. The molecule has 0 saturated carbocycles. The summed E-state index contributed by atoms with van der Waals surface area (Å²) in [5.41, 5.74) is 0.996. The normalized spacial score (nSPS) is 18.6. The largest absolute Gasteiger partial charge is 0.490 e. The Hall–Kier alpha value is -1.82. The Morgan fingerprint density at radius 3 is 3.00 bits per heavy atom. The summed E-state index contributed by atoms with van der Waals surface area (Å²) in [5, 5.41) is 14.1. The Bertz CT molecular complexity index is 464. The monoisotopic (exact) mass is 265 g/mol. The van der Waals surface area contributed by atoms with E-state index in [1.807, 2.05) is 7.05 Å². The number of nitro benzene ring substituents is 1. The second kappa shape index (κ2) is 5.88. The molecular weight excluding hydrogens is 246 g/mol. The van der Waals surface area contributed by atoms with Crippen molar-refractivity contribution in [2.24, 2.45) is 0 Å². The number of nitrogens with zero attached hydrogens (tertiary/aromatic N) is 2. The van der Waals surface area contributed by atoms with Gasteiger partial charge in [0, 0.05) is 37.0 Å². The topological polar surface area (TPSA) is 67.6 Å². The van der Waals surface area contributed by atoms with E-state index < -0.39 is 4.92 Å². The minimum absolute atomic E-state index is 0.00983. The molecule has 1 aliphatic rings. The number of anilines is 1. The number of ether oxygens (including phenoxy) is 1. The summed E-state index contributed by atoms with van der Waals surface area (Å²) < 4.78 is 5.12. The molecule has 1 aromatic carbocycles. The van der Waals surface area contributed by atoms with Crippen LogP contribution in [0.15, 0.2) is 18.2 Å². The number of nitro groups is 1. The number of benzene rings is 1. The van der Waals surface area contributed by atoms with E-state index in [9.17, 15) is 10.1 Å². The Balaban J connectivity index is 2.27. The minimum Gasteiger partial charge on any atom is -0.490 e. The van der Waals surface area contributed by atoms with Gasteiger partial charge in [0.15, 0.2) is 5.75 Å². The van der Waals surface area contributed by atoms with E-state index in [4.69, 9.17) is 4.74 Å². The first-order valence-electron chi connectivity index (χ1n) is 6.41. The third-order valence-corrected chi connectivity index (χ3v) is 3.51. The number of hydrogen-bond acceptors (Lipinski definition) is 5. The zero-order valence-corrected chi connectivity index (χ0v) is 11.3. The van der Waals surface area contributed by atoms with Gasteiger partial charge >= 0.3 is 5.69 Å². The van der Waals surface area contributed by atoms with Crippen LogP contribution in [0.25, 0.3) is 0 Å². The van der Waals surface area contributed by atoms with E-state index in [1.165, 1.54) is 13.2 Å². The number of likely N-dealkylation sites (N-methyl/N-ethyl adjacent to an activating group) is 1. The highest BCUT2D eigenvalue weighted by molar-refractivity contribution is 5.60. The van der Waals surface area contributed by atoms with Crippen molar-refractivity contribution in [3.05, 3.63) is 28.3 Å². The van der Waals surface area contributed by atoms with Gasteiger partial charge in [-0.2, -0.15) is 0 Å². The van der Waals surface area contributed by atoms with Gasteiger partial charge in [-0.3, -0.25) is 10.1 Å². The van der Waals surface area contributed by atoms with Crippen LogP contribution in [0.1, 0.15) is 12.8 Å². The van der Waals surface area contributed by atoms with Crippen molar-refractivity contribution in [3.63, 3.8) is 0 Å². The standard InChI is InChI=1S/C13H19N3O3/c1-14-9-11-4-3-7-15(11)10-5-6-12(16(17)18)13(8-10)19-2/h5-6,8,11,14H,3-4,7,9H2,1-2H3. The molecule has 1 N–H and O–H groups in total. The zero-order valence-electron chi connectivity index (χ0n) is 11.3. The fraction of sp³-hybridized carbons (Fsp3) is 0.538. The number of methoxy groups -OCH3 is 1. The van der Waals surface area contributed by atoms with Crippen LogP contribution in [-0.2, 0) is 0 Å². The van der Waals surface area contributed by atoms with Crippen LogP contribution in [0, 0.1) is 10.1 Å². The maximum Gasteiger partial charge on any atom is 0.311 e. The highest BCUT2D eigenvalue weighted by Gasteiger charge is 2.26. The number of nitrogens with one attached hydrogen (secondary N) is 1. The molecule has 1 fully saturated rings. The molecule has 104 valence electrons. The van der Waals surface area contributed by atoms with Gasteiger partial charge in [-0.05, 0) is 26.0 Å². The molecule has 1 heterocycles. The van der Waals surface area contributed by atoms with Crippen LogP contribution in [0.5, 0.6) is 5.75 Å². The molecule has 1 aliphatic heterocycles. The van der Waals surface area contributed by atoms with Crippen molar-refractivity contribution in [3.8, 4) is 5.75 Å². The van der Waals surface area contributed by atoms with E-state index in [0.29, 0.717) is 11.8 Å². The summed E-state index contributed by atoms with van der Waals surface area (Å²) in [6.45, 7) is 1.90. The lowest BCUT2D eigenvalue weighted by Gasteiger charge is -2.26. The molecule has 0 spiro atoms. The molecule has 2 rings (SSSR count). The lowest BCUT2D eigenvalue weighted by Crippen LogP contribution is -2.36. The lowest BCUT2D eigenvalue weighted by atomic mass is 10.2. The van der Waals surface area contributed by atoms with Crippen LogP contribution >= 0.6 is 0 Å². The van der Waals surface area contributed by atoms with Gasteiger partial charge in [0.25, 0.3) is 0 Å². The van der Waals surface area contributed by atoms with Crippen molar-refractivity contribution in [1.29, 1.82) is 0 Å². The molecule has 1 saturated heterocycles. The van der Waals surface area contributed by atoms with Gasteiger partial charge in [-0.1, -0.05) is 0 Å². The van der Waals surface area contributed by atoms with Crippen LogP contribution < -0.4 is 15.0 Å². The van der Waals surface area contributed by atoms with Crippen molar-refractivity contribution in [2.45, 2.75) is 18.9 Å². The third-order valence-electron chi connectivity index (χ3n) is 3.51. The van der Waals surface area contributed by atoms with E-state index in [-0.39, 0.29) is 5.69 Å². The average molecular weight is 265 g/mol. The molecular formula is C13H19N3O3. The fourth-order valence-corrected chi connectivity index (χ4v) is 2.62. The smallest absolute Gasteiger partial charge is 0.311 e. The van der Waals surface area contributed by atoms with Crippen LogP contribution in [-0.4, -0.2) is 38.2 Å². The third kappa shape index (κ3) is 2.78. The summed E-state index contributed by atoms with van der Waals surface area (Å²) in [7, 11) is 3.40. The molecule has 1 unspecified atom stereocenters. The minimum atomic E-state index is -0.419. The highest BCUT2D eigenvalue weighted by atomic mass is 16.6. The lowest BCUT2D eigenvalue weighted by molar-refractivity contribution is -0.385. The summed E-state index contributed by atoms with van der Waals surface area (Å²) >= 11 is 0. The first-order chi connectivity index (χ1) is 9.17. The molecule has 19 heavy (non-hydrogen) atoms. The maximum atomic E-state index is 10.9. The van der Waals surface area contributed by atoms with Crippen LogP contribution in [0.4, 0.5) is 11.4 Å². The molecule has 6 heteroatoms. The zero-order chi connectivity index (χ0) is 13.8. The maximum absolute atomic E-state index is 10.9. The molecule has 0 bridgehead atoms. The molecule has 0 aliphatic carbocycles. The second-order valence-corrected chi connectivity index (χ2v) is 4.66. The SMILES string of the molecule is CNCC1CCCN1c1ccc([N+](=O)[O-])c(OC)c1. The Kier molecular flexibility index (Phi) is 4.21. The molecule has 6 nitrogen and oxygen atoms in total. The Morgan fingerprint density at radius 2 is 2.37 bits per heavy atom. The molecule has 1 aromatic rings. The van der Waals surface area contributed by atoms with Crippen molar-refractivity contribution < 1.29 is 9.66 Å². The van der Waals surface area contributed by atoms with Gasteiger partial charge in [-0.25, -0.2) is 0 Å². The molecule has 1 atom stereocenters. The van der Waals surface area contributed by atoms with Gasteiger partial charge in [0.1, 0.15) is 0 Å². The number of hydrogen-bond donors (Lipinski definition) is 1. The predicted octanol–water partition coefficient (Wildman–Crippen LogP) is 1.79. The Labute approximate surface area is 112 Å². The quantitative estimate of drug-likeness (QED) is 0.649. The highest BCUT2D eigenvalue weighted by Crippen LogP contribution is 2.34. The van der Waals surface area contributed by atoms with Gasteiger partial charge in [0.05, 0.1) is 12.0 Å². The van der Waals surface area contributed by atoms with E-state index in [1.54, 1.807) is 12.1 Å². The van der Waals surface area contributed by atoms with Gasteiger partial charge in [-0.15, -0.1) is 0 Å². The van der Waals surface area contributed by atoms with Crippen molar-refractivity contribution >= 4 is 11.4 Å². The van der Waals surface area contributed by atoms with Crippen LogP contribution in [0.2, 0.25) is 0 Å². The van der Waals surface area contributed by atoms with Crippen molar-refractivity contribution in [1.82, 2.24) is 5.32 Å². The molecule has 0 amide bonds. The van der Waals surface area contributed by atoms with E-state index in [0.717, 1.165) is 31.6 Å². The fourth-order valence-electron chi connectivity index (χ4n) is 2.62.